The van der Waals surface area contributed by atoms with Crippen molar-refractivity contribution in [2.45, 2.75) is 20.1 Å². The lowest BCUT2D eigenvalue weighted by Crippen LogP contribution is -2.30. The van der Waals surface area contributed by atoms with Gasteiger partial charge in [-0.3, -0.25) is 0 Å². The molecule has 0 heterocycles. The second-order valence-electron chi connectivity index (χ2n) is 5.76. The summed E-state index contributed by atoms with van der Waals surface area (Å²) in [6.07, 6.45) is -1.06. The van der Waals surface area contributed by atoms with E-state index in [2.05, 4.69) is 11.9 Å². The van der Waals surface area contributed by atoms with E-state index in [4.69, 9.17) is 18.9 Å². The lowest BCUT2D eigenvalue weighted by Gasteiger charge is -2.15. The first-order valence-electron chi connectivity index (χ1n) is 8.42. The highest BCUT2D eigenvalue weighted by Gasteiger charge is 2.12. The van der Waals surface area contributed by atoms with Crippen molar-refractivity contribution < 1.29 is 28.5 Å². The summed E-state index contributed by atoms with van der Waals surface area (Å²) >= 11 is 0. The molecule has 0 aliphatic rings. The van der Waals surface area contributed by atoms with Gasteiger partial charge in [-0.15, -0.1) is 0 Å². The number of carbonyl (C=O) groups is 2. The summed E-state index contributed by atoms with van der Waals surface area (Å²) < 4.78 is 21.1. The molecule has 0 saturated heterocycles. The third kappa shape index (κ3) is 5.72. The van der Waals surface area contributed by atoms with Crippen molar-refractivity contribution in [1.82, 2.24) is 5.32 Å². The molecular weight excluding hydrogens is 350 g/mol. The van der Waals surface area contributed by atoms with Crippen LogP contribution in [-0.2, 0) is 14.3 Å². The number of methoxy groups -OCH3 is 1. The van der Waals surface area contributed by atoms with E-state index in [1.165, 1.54) is 0 Å². The Morgan fingerprint density at radius 2 is 1.74 bits per heavy atom. The highest BCUT2D eigenvalue weighted by Crippen LogP contribution is 2.32. The van der Waals surface area contributed by atoms with Gasteiger partial charge in [-0.1, -0.05) is 30.8 Å². The predicted molar refractivity (Wildman–Crippen MR) is 101 cm³/mol. The molecule has 0 aromatic heterocycles. The van der Waals surface area contributed by atoms with E-state index in [0.29, 0.717) is 17.1 Å². The zero-order valence-electron chi connectivity index (χ0n) is 15.6. The van der Waals surface area contributed by atoms with Gasteiger partial charge in [-0.25, -0.2) is 9.59 Å². The number of benzene rings is 2. The fraction of sp³-hybridized carbons (Fsp3) is 0.300. The van der Waals surface area contributed by atoms with Gasteiger partial charge in [0.25, 0.3) is 0 Å². The first-order chi connectivity index (χ1) is 12.9. The molecule has 0 fully saturated rings. The van der Waals surface area contributed by atoms with Crippen LogP contribution in [0.4, 0.5) is 4.79 Å². The SMILES string of the molecule is C=C(C)C(=O)OCCNC(=O)Oc1cccc2c(OC(C)OC)cccc12. The number of ether oxygens (including phenoxy) is 4. The molecule has 2 aromatic carbocycles. The molecule has 0 aliphatic carbocycles. The quantitative estimate of drug-likeness (QED) is 0.330. The third-order valence-electron chi connectivity index (χ3n) is 3.62. The Kier molecular flexibility index (Phi) is 7.19. The van der Waals surface area contributed by atoms with Gasteiger partial charge in [-0.05, 0) is 26.0 Å². The van der Waals surface area contributed by atoms with Crippen LogP contribution in [0.1, 0.15) is 13.8 Å². The average Bonchev–Trinajstić information content (AvgIpc) is 2.65. The Balaban J connectivity index is 2.02. The maximum absolute atomic E-state index is 12.0. The zero-order valence-corrected chi connectivity index (χ0v) is 15.6. The lowest BCUT2D eigenvalue weighted by atomic mass is 10.1. The highest BCUT2D eigenvalue weighted by atomic mass is 16.7. The Bertz CT molecular complexity index is 832. The van der Waals surface area contributed by atoms with E-state index < -0.39 is 18.4 Å². The van der Waals surface area contributed by atoms with E-state index in [0.717, 1.165) is 10.8 Å². The van der Waals surface area contributed by atoms with E-state index in [9.17, 15) is 9.59 Å². The summed E-state index contributed by atoms with van der Waals surface area (Å²) in [5.41, 5.74) is 0.300. The molecule has 1 unspecified atom stereocenters. The fourth-order valence-corrected chi connectivity index (χ4v) is 2.23. The van der Waals surface area contributed by atoms with Crippen molar-refractivity contribution in [3.8, 4) is 11.5 Å². The molecule has 0 bridgehead atoms. The van der Waals surface area contributed by atoms with Crippen molar-refractivity contribution in [2.24, 2.45) is 0 Å². The summed E-state index contributed by atoms with van der Waals surface area (Å²) in [6, 6.07) is 10.8. The molecule has 0 radical (unpaired) electrons. The van der Waals surface area contributed by atoms with Gasteiger partial charge >= 0.3 is 12.1 Å². The van der Waals surface area contributed by atoms with Crippen LogP contribution in [0, 0.1) is 0 Å². The van der Waals surface area contributed by atoms with E-state index in [-0.39, 0.29) is 13.2 Å². The molecule has 2 aromatic rings. The molecule has 0 saturated carbocycles. The monoisotopic (exact) mass is 373 g/mol. The average molecular weight is 373 g/mol. The third-order valence-corrected chi connectivity index (χ3v) is 3.62. The Morgan fingerprint density at radius 1 is 1.11 bits per heavy atom. The number of hydrogen-bond acceptors (Lipinski definition) is 6. The molecule has 7 nitrogen and oxygen atoms in total. The van der Waals surface area contributed by atoms with Gasteiger partial charge in [-0.2, -0.15) is 0 Å². The van der Waals surface area contributed by atoms with Crippen molar-refractivity contribution in [3.05, 3.63) is 48.6 Å². The number of nitrogens with one attached hydrogen (secondary N) is 1. The van der Waals surface area contributed by atoms with Crippen LogP contribution in [0.25, 0.3) is 10.8 Å². The van der Waals surface area contributed by atoms with Crippen molar-refractivity contribution in [2.75, 3.05) is 20.3 Å². The summed E-state index contributed by atoms with van der Waals surface area (Å²) in [5, 5.41) is 4.04. The lowest BCUT2D eigenvalue weighted by molar-refractivity contribution is -0.138. The number of hydrogen-bond donors (Lipinski definition) is 1. The van der Waals surface area contributed by atoms with Crippen molar-refractivity contribution in [3.63, 3.8) is 0 Å². The van der Waals surface area contributed by atoms with Crippen LogP contribution < -0.4 is 14.8 Å². The van der Waals surface area contributed by atoms with Crippen LogP contribution in [0.15, 0.2) is 48.6 Å². The molecule has 144 valence electrons. The summed E-state index contributed by atoms with van der Waals surface area (Å²) in [4.78, 5) is 23.3. The minimum atomic E-state index is -0.648. The number of amides is 1. The van der Waals surface area contributed by atoms with Gasteiger partial charge in [0.1, 0.15) is 18.1 Å². The van der Waals surface area contributed by atoms with Crippen molar-refractivity contribution >= 4 is 22.8 Å². The highest BCUT2D eigenvalue weighted by molar-refractivity contribution is 5.94. The first-order valence-corrected chi connectivity index (χ1v) is 8.42. The van der Waals surface area contributed by atoms with Crippen molar-refractivity contribution in [1.29, 1.82) is 0 Å². The van der Waals surface area contributed by atoms with Gasteiger partial charge in [0.15, 0.2) is 6.29 Å². The summed E-state index contributed by atoms with van der Waals surface area (Å²) in [7, 11) is 1.56. The Morgan fingerprint density at radius 3 is 2.37 bits per heavy atom. The number of fused-ring (bicyclic) bond motifs is 1. The van der Waals surface area contributed by atoms with Crippen LogP contribution >= 0.6 is 0 Å². The molecule has 0 aliphatic heterocycles. The molecule has 27 heavy (non-hydrogen) atoms. The van der Waals surface area contributed by atoms with E-state index >= 15 is 0 Å². The smallest absolute Gasteiger partial charge is 0.412 e. The number of rotatable bonds is 8. The van der Waals surface area contributed by atoms with Crippen LogP contribution in [-0.4, -0.2) is 38.6 Å². The molecule has 1 N–H and O–H groups in total. The minimum Gasteiger partial charge on any atom is -0.465 e. The van der Waals surface area contributed by atoms with Gasteiger partial charge in [0.2, 0.25) is 0 Å². The van der Waals surface area contributed by atoms with Gasteiger partial charge in [0.05, 0.1) is 6.54 Å². The normalized spacial score (nSPS) is 11.5. The molecular formula is C20H23NO6. The summed E-state index contributed by atoms with van der Waals surface area (Å²) in [6.45, 7) is 6.97. The topological polar surface area (TPSA) is 83.1 Å². The van der Waals surface area contributed by atoms with Gasteiger partial charge < -0.3 is 24.3 Å². The molecule has 2 rings (SSSR count). The van der Waals surface area contributed by atoms with Gasteiger partial charge in [0, 0.05) is 23.5 Å². The predicted octanol–water partition coefficient (Wildman–Crippen LogP) is 3.42. The van der Waals surface area contributed by atoms with E-state index in [1.54, 1.807) is 33.1 Å². The molecule has 7 heteroatoms. The Labute approximate surface area is 157 Å². The zero-order chi connectivity index (χ0) is 19.8. The molecule has 1 amide bonds. The number of esters is 1. The molecule has 1 atom stereocenters. The Hall–Kier alpha value is -3.06. The van der Waals surface area contributed by atoms with E-state index in [1.807, 2.05) is 24.3 Å². The van der Waals surface area contributed by atoms with Crippen LogP contribution in [0.2, 0.25) is 0 Å². The maximum Gasteiger partial charge on any atom is 0.412 e. The first kappa shape index (κ1) is 20.3. The molecule has 0 spiro atoms. The fourth-order valence-electron chi connectivity index (χ4n) is 2.23. The minimum absolute atomic E-state index is 0.0310. The number of carbonyl (C=O) groups excluding carboxylic acids is 2. The van der Waals surface area contributed by atoms with Crippen LogP contribution in [0.5, 0.6) is 11.5 Å². The standard InChI is InChI=1S/C20H23NO6/c1-13(2)19(22)25-12-11-21-20(23)27-18-10-6-7-15-16(18)8-5-9-17(15)26-14(3)24-4/h5-10,14H,1,11-12H2,2-4H3,(H,21,23). The summed E-state index contributed by atoms with van der Waals surface area (Å²) in [5.74, 6) is 0.510. The van der Waals surface area contributed by atoms with Crippen LogP contribution in [0.3, 0.4) is 0 Å². The second-order valence-corrected chi connectivity index (χ2v) is 5.76. The second kappa shape index (κ2) is 9.59. The largest absolute Gasteiger partial charge is 0.465 e. The maximum atomic E-state index is 12.0.